The molecule has 0 aliphatic rings. The number of carbonyl (C=O) groups is 1. The van der Waals surface area contributed by atoms with Crippen molar-refractivity contribution in [3.63, 3.8) is 0 Å². The standard InChI is InChI=1S/C18H14BrFN2O3S/c1-24-13-9-10(8-11(19)17(13)25-2)6-7-15(23)21-18-22-16-12(20)4-3-5-14(16)26-18/h3-9H,1-2H3,(H,21,22,23)/b7-6+. The third kappa shape index (κ3) is 3.86. The number of para-hydroxylation sites is 1. The second kappa shape index (κ2) is 7.84. The molecule has 1 N–H and O–H groups in total. The molecular weight excluding hydrogens is 423 g/mol. The predicted molar refractivity (Wildman–Crippen MR) is 104 cm³/mol. The van der Waals surface area contributed by atoms with Crippen LogP contribution in [0.4, 0.5) is 9.52 Å². The van der Waals surface area contributed by atoms with E-state index >= 15 is 0 Å². The van der Waals surface area contributed by atoms with Gasteiger partial charge in [-0.3, -0.25) is 10.1 Å². The first-order chi connectivity index (χ1) is 12.5. The smallest absolute Gasteiger partial charge is 0.250 e. The Morgan fingerprint density at radius 2 is 2.12 bits per heavy atom. The van der Waals surface area contributed by atoms with Crippen LogP contribution in [0, 0.1) is 5.82 Å². The van der Waals surface area contributed by atoms with Gasteiger partial charge in [0.25, 0.3) is 0 Å². The van der Waals surface area contributed by atoms with Gasteiger partial charge >= 0.3 is 0 Å². The highest BCUT2D eigenvalue weighted by Crippen LogP contribution is 2.36. The number of halogens is 2. The van der Waals surface area contributed by atoms with Gasteiger partial charge in [-0.1, -0.05) is 17.4 Å². The third-order valence-electron chi connectivity index (χ3n) is 3.48. The van der Waals surface area contributed by atoms with Gasteiger partial charge in [0.15, 0.2) is 16.6 Å². The highest BCUT2D eigenvalue weighted by Gasteiger charge is 2.11. The van der Waals surface area contributed by atoms with Crippen LogP contribution in [0.15, 0.2) is 40.9 Å². The lowest BCUT2D eigenvalue weighted by Crippen LogP contribution is -2.07. The van der Waals surface area contributed by atoms with Gasteiger partial charge in [0.2, 0.25) is 5.91 Å². The van der Waals surface area contributed by atoms with Crippen molar-refractivity contribution in [2.24, 2.45) is 0 Å². The molecule has 0 saturated heterocycles. The molecule has 26 heavy (non-hydrogen) atoms. The van der Waals surface area contributed by atoms with E-state index in [0.717, 1.165) is 5.56 Å². The molecule has 2 aromatic carbocycles. The van der Waals surface area contributed by atoms with Gasteiger partial charge in [-0.05, 0) is 51.8 Å². The Hall–Kier alpha value is -2.45. The number of methoxy groups -OCH3 is 2. The van der Waals surface area contributed by atoms with E-state index in [0.29, 0.717) is 25.8 Å². The van der Waals surface area contributed by atoms with Crippen LogP contribution in [-0.2, 0) is 4.79 Å². The quantitative estimate of drug-likeness (QED) is 0.579. The Morgan fingerprint density at radius 3 is 2.81 bits per heavy atom. The molecule has 3 rings (SSSR count). The molecule has 3 aromatic rings. The highest BCUT2D eigenvalue weighted by molar-refractivity contribution is 9.10. The summed E-state index contributed by atoms with van der Waals surface area (Å²) in [5.41, 5.74) is 1.00. The van der Waals surface area contributed by atoms with Crippen molar-refractivity contribution in [2.75, 3.05) is 19.5 Å². The minimum atomic E-state index is -0.412. The summed E-state index contributed by atoms with van der Waals surface area (Å²) in [6, 6.07) is 8.25. The molecule has 0 unspecified atom stereocenters. The van der Waals surface area contributed by atoms with Crippen LogP contribution in [0.3, 0.4) is 0 Å². The summed E-state index contributed by atoms with van der Waals surface area (Å²) < 4.78 is 25.6. The summed E-state index contributed by atoms with van der Waals surface area (Å²) in [6.45, 7) is 0. The minimum Gasteiger partial charge on any atom is -0.493 e. The minimum absolute atomic E-state index is 0.251. The largest absolute Gasteiger partial charge is 0.493 e. The number of hydrogen-bond donors (Lipinski definition) is 1. The van der Waals surface area contributed by atoms with E-state index in [9.17, 15) is 9.18 Å². The van der Waals surface area contributed by atoms with Crippen LogP contribution < -0.4 is 14.8 Å². The number of aromatic nitrogens is 1. The fourth-order valence-corrected chi connectivity index (χ4v) is 3.83. The molecule has 0 spiro atoms. The normalized spacial score (nSPS) is 11.1. The number of thiazole rings is 1. The second-order valence-electron chi connectivity index (χ2n) is 5.17. The average Bonchev–Trinajstić information content (AvgIpc) is 3.03. The van der Waals surface area contributed by atoms with Gasteiger partial charge in [-0.2, -0.15) is 0 Å². The average molecular weight is 437 g/mol. The number of hydrogen-bond acceptors (Lipinski definition) is 5. The molecule has 0 bridgehead atoms. The fourth-order valence-electron chi connectivity index (χ4n) is 2.32. The zero-order valence-electron chi connectivity index (χ0n) is 13.9. The van der Waals surface area contributed by atoms with E-state index < -0.39 is 5.82 Å². The number of carbonyl (C=O) groups excluding carboxylic acids is 1. The van der Waals surface area contributed by atoms with Crippen molar-refractivity contribution < 1.29 is 18.7 Å². The van der Waals surface area contributed by atoms with E-state index in [4.69, 9.17) is 9.47 Å². The number of fused-ring (bicyclic) bond motifs is 1. The summed E-state index contributed by atoms with van der Waals surface area (Å²) in [7, 11) is 3.09. The molecule has 0 aliphatic heterocycles. The molecule has 8 heteroatoms. The van der Waals surface area contributed by atoms with E-state index in [1.807, 2.05) is 0 Å². The number of amides is 1. The topological polar surface area (TPSA) is 60.5 Å². The first-order valence-electron chi connectivity index (χ1n) is 7.47. The first-order valence-corrected chi connectivity index (χ1v) is 9.08. The van der Waals surface area contributed by atoms with Crippen molar-refractivity contribution >= 4 is 54.6 Å². The molecule has 134 valence electrons. The Morgan fingerprint density at radius 1 is 1.31 bits per heavy atom. The van der Waals surface area contributed by atoms with Crippen LogP contribution in [0.5, 0.6) is 11.5 Å². The van der Waals surface area contributed by atoms with Gasteiger partial charge in [0.05, 0.1) is 23.4 Å². The monoisotopic (exact) mass is 436 g/mol. The molecule has 1 amide bonds. The third-order valence-corrected chi connectivity index (χ3v) is 5.01. The van der Waals surface area contributed by atoms with Crippen molar-refractivity contribution in [3.05, 3.63) is 52.3 Å². The molecule has 0 fully saturated rings. The number of anilines is 1. The van der Waals surface area contributed by atoms with Gasteiger partial charge in [0, 0.05) is 6.08 Å². The number of rotatable bonds is 5. The Balaban J connectivity index is 1.77. The van der Waals surface area contributed by atoms with Crippen molar-refractivity contribution in [2.45, 2.75) is 0 Å². The van der Waals surface area contributed by atoms with Crippen LogP contribution in [-0.4, -0.2) is 25.1 Å². The summed E-state index contributed by atoms with van der Waals surface area (Å²) in [6.07, 6.45) is 3.01. The van der Waals surface area contributed by atoms with Crippen molar-refractivity contribution in [1.29, 1.82) is 0 Å². The molecular formula is C18H14BrFN2O3S. The molecule has 0 radical (unpaired) electrons. The summed E-state index contributed by atoms with van der Waals surface area (Å²) in [5, 5.41) is 2.98. The summed E-state index contributed by atoms with van der Waals surface area (Å²) >= 11 is 4.62. The molecule has 5 nitrogen and oxygen atoms in total. The van der Waals surface area contributed by atoms with Crippen LogP contribution in [0.2, 0.25) is 0 Å². The molecule has 0 aliphatic carbocycles. The highest BCUT2D eigenvalue weighted by atomic mass is 79.9. The van der Waals surface area contributed by atoms with Gasteiger partial charge in [-0.25, -0.2) is 9.37 Å². The predicted octanol–water partition coefficient (Wildman–Crippen LogP) is 4.87. The van der Waals surface area contributed by atoms with Gasteiger partial charge < -0.3 is 9.47 Å². The fraction of sp³-hybridized carbons (Fsp3) is 0.111. The van der Waals surface area contributed by atoms with E-state index in [2.05, 4.69) is 26.2 Å². The Bertz CT molecular complexity index is 1000. The number of nitrogens with one attached hydrogen (secondary N) is 1. The maximum atomic E-state index is 13.7. The molecule has 1 heterocycles. The lowest BCUT2D eigenvalue weighted by Gasteiger charge is -2.10. The van der Waals surface area contributed by atoms with Crippen LogP contribution in [0.1, 0.15) is 5.56 Å². The summed E-state index contributed by atoms with van der Waals surface area (Å²) in [4.78, 5) is 16.2. The molecule has 0 atom stereocenters. The Labute approximate surface area is 161 Å². The van der Waals surface area contributed by atoms with Gasteiger partial charge in [0.1, 0.15) is 11.3 Å². The first kappa shape index (κ1) is 18.3. The number of ether oxygens (including phenoxy) is 2. The van der Waals surface area contributed by atoms with Gasteiger partial charge in [-0.15, -0.1) is 0 Å². The van der Waals surface area contributed by atoms with E-state index in [-0.39, 0.29) is 11.4 Å². The summed E-state index contributed by atoms with van der Waals surface area (Å²) in [5.74, 6) is 0.342. The Kier molecular flexibility index (Phi) is 5.53. The zero-order valence-corrected chi connectivity index (χ0v) is 16.3. The maximum Gasteiger partial charge on any atom is 0.250 e. The number of benzene rings is 2. The van der Waals surface area contributed by atoms with Crippen LogP contribution >= 0.6 is 27.3 Å². The zero-order chi connectivity index (χ0) is 18.7. The lowest BCUT2D eigenvalue weighted by atomic mass is 10.2. The molecule has 1 aromatic heterocycles. The number of nitrogens with zero attached hydrogens (tertiary/aromatic N) is 1. The van der Waals surface area contributed by atoms with E-state index in [1.54, 1.807) is 37.5 Å². The van der Waals surface area contributed by atoms with Crippen LogP contribution in [0.25, 0.3) is 16.3 Å². The van der Waals surface area contributed by atoms with E-state index in [1.165, 1.54) is 30.6 Å². The SMILES string of the molecule is COc1cc(/C=C/C(=O)Nc2nc3c(F)cccc3s2)cc(Br)c1OC. The molecule has 0 saturated carbocycles. The maximum absolute atomic E-state index is 13.7. The second-order valence-corrected chi connectivity index (χ2v) is 7.05. The van der Waals surface area contributed by atoms with Crippen molar-refractivity contribution in [1.82, 2.24) is 4.98 Å². The lowest BCUT2D eigenvalue weighted by molar-refractivity contribution is -0.111. The van der Waals surface area contributed by atoms with Crippen molar-refractivity contribution in [3.8, 4) is 11.5 Å².